The van der Waals surface area contributed by atoms with Crippen LogP contribution in [0.25, 0.3) is 22.3 Å². The molecule has 134 valence electrons. The van der Waals surface area contributed by atoms with E-state index in [9.17, 15) is 0 Å². The van der Waals surface area contributed by atoms with Crippen molar-refractivity contribution in [3.8, 4) is 11.4 Å². The van der Waals surface area contributed by atoms with Crippen LogP contribution in [0.4, 0.5) is 0 Å². The highest BCUT2D eigenvalue weighted by Crippen LogP contribution is 2.28. The number of nitrogens with zero attached hydrogens (tertiary/aromatic N) is 4. The van der Waals surface area contributed by atoms with Crippen molar-refractivity contribution in [3.63, 3.8) is 0 Å². The average molecular weight is 340 g/mol. The van der Waals surface area contributed by atoms with Crippen LogP contribution in [-0.2, 0) is 13.5 Å². The third kappa shape index (κ3) is 4.28. The maximum atomic E-state index is 5.47. The first-order valence-corrected chi connectivity index (χ1v) is 9.24. The van der Waals surface area contributed by atoms with Crippen molar-refractivity contribution in [2.75, 3.05) is 20.1 Å². The second-order valence-electron chi connectivity index (χ2n) is 6.80. The molecule has 0 bridgehead atoms. The lowest BCUT2D eigenvalue weighted by atomic mass is 10.1. The first-order valence-electron chi connectivity index (χ1n) is 9.24. The highest BCUT2D eigenvalue weighted by Gasteiger charge is 2.14. The Morgan fingerprint density at radius 1 is 1.12 bits per heavy atom. The molecular weight excluding hydrogens is 312 g/mol. The standard InChI is InChI=1S/C20H28N4O/c1-4-5-13-23(2)14-9-8-12-19-21-20(22-25-19)17-15-24(3)18-11-7-6-10-16(17)18/h6-7,10-11,15H,4-5,8-9,12-14H2,1-3H3. The number of para-hydroxylation sites is 1. The normalized spacial score (nSPS) is 11.7. The molecule has 0 saturated carbocycles. The maximum absolute atomic E-state index is 5.47. The number of unbranched alkanes of at least 4 members (excludes halogenated alkanes) is 2. The number of rotatable bonds is 9. The number of aromatic nitrogens is 3. The number of benzene rings is 1. The van der Waals surface area contributed by atoms with Crippen molar-refractivity contribution in [1.29, 1.82) is 0 Å². The smallest absolute Gasteiger partial charge is 0.226 e. The third-order valence-electron chi connectivity index (χ3n) is 4.68. The quantitative estimate of drug-likeness (QED) is 0.545. The van der Waals surface area contributed by atoms with Gasteiger partial charge < -0.3 is 14.0 Å². The van der Waals surface area contributed by atoms with Gasteiger partial charge in [-0.15, -0.1) is 0 Å². The summed E-state index contributed by atoms with van der Waals surface area (Å²) in [6, 6.07) is 8.30. The molecular formula is C20H28N4O. The molecule has 0 spiro atoms. The molecule has 1 aromatic carbocycles. The van der Waals surface area contributed by atoms with Gasteiger partial charge in [0.2, 0.25) is 11.7 Å². The summed E-state index contributed by atoms with van der Waals surface area (Å²) in [6.07, 6.45) is 7.68. The number of hydrogen-bond acceptors (Lipinski definition) is 4. The molecule has 0 atom stereocenters. The predicted molar refractivity (Wildman–Crippen MR) is 102 cm³/mol. The van der Waals surface area contributed by atoms with Gasteiger partial charge in [-0.1, -0.05) is 36.7 Å². The summed E-state index contributed by atoms with van der Waals surface area (Å²) in [4.78, 5) is 7.01. The lowest BCUT2D eigenvalue weighted by molar-refractivity contribution is 0.315. The second kappa shape index (κ2) is 8.30. The maximum Gasteiger partial charge on any atom is 0.226 e. The van der Waals surface area contributed by atoms with E-state index < -0.39 is 0 Å². The summed E-state index contributed by atoms with van der Waals surface area (Å²) < 4.78 is 7.57. The van der Waals surface area contributed by atoms with E-state index in [0.29, 0.717) is 5.82 Å². The molecule has 0 aliphatic rings. The van der Waals surface area contributed by atoms with Gasteiger partial charge in [0.15, 0.2) is 0 Å². The zero-order valence-corrected chi connectivity index (χ0v) is 15.5. The van der Waals surface area contributed by atoms with E-state index in [2.05, 4.69) is 51.9 Å². The molecule has 25 heavy (non-hydrogen) atoms. The van der Waals surface area contributed by atoms with E-state index in [0.717, 1.165) is 42.6 Å². The number of hydrogen-bond donors (Lipinski definition) is 0. The summed E-state index contributed by atoms with van der Waals surface area (Å²) >= 11 is 0. The lowest BCUT2D eigenvalue weighted by Gasteiger charge is -2.15. The number of aryl methyl sites for hydroxylation is 2. The van der Waals surface area contributed by atoms with Crippen molar-refractivity contribution >= 4 is 10.9 Å². The Morgan fingerprint density at radius 2 is 1.92 bits per heavy atom. The van der Waals surface area contributed by atoms with Gasteiger partial charge in [0.05, 0.1) is 0 Å². The third-order valence-corrected chi connectivity index (χ3v) is 4.68. The van der Waals surface area contributed by atoms with Gasteiger partial charge in [0.25, 0.3) is 0 Å². The lowest BCUT2D eigenvalue weighted by Crippen LogP contribution is -2.20. The summed E-state index contributed by atoms with van der Waals surface area (Å²) in [7, 11) is 4.24. The Balaban J connectivity index is 1.57. The predicted octanol–water partition coefficient (Wildman–Crippen LogP) is 4.28. The monoisotopic (exact) mass is 340 g/mol. The molecule has 2 aromatic heterocycles. The van der Waals surface area contributed by atoms with E-state index in [1.54, 1.807) is 0 Å². The van der Waals surface area contributed by atoms with Crippen LogP contribution in [0.2, 0.25) is 0 Å². The van der Waals surface area contributed by atoms with Gasteiger partial charge in [-0.05, 0) is 45.5 Å². The summed E-state index contributed by atoms with van der Waals surface area (Å²) in [5.74, 6) is 1.42. The molecule has 0 aliphatic heterocycles. The Labute approximate surface area is 149 Å². The van der Waals surface area contributed by atoms with E-state index in [4.69, 9.17) is 4.52 Å². The molecule has 5 nitrogen and oxygen atoms in total. The topological polar surface area (TPSA) is 47.1 Å². The Bertz CT molecular complexity index is 805. The van der Waals surface area contributed by atoms with Gasteiger partial charge in [-0.25, -0.2) is 0 Å². The Hall–Kier alpha value is -2.14. The van der Waals surface area contributed by atoms with E-state index >= 15 is 0 Å². The molecule has 0 amide bonds. The molecule has 0 saturated heterocycles. The molecule has 2 heterocycles. The van der Waals surface area contributed by atoms with Crippen LogP contribution in [0.15, 0.2) is 35.0 Å². The van der Waals surface area contributed by atoms with Gasteiger partial charge in [-0.3, -0.25) is 0 Å². The first-order chi connectivity index (χ1) is 12.2. The Kier molecular flexibility index (Phi) is 5.87. The fraction of sp³-hybridized carbons (Fsp3) is 0.500. The number of fused-ring (bicyclic) bond motifs is 1. The van der Waals surface area contributed by atoms with Gasteiger partial charge >= 0.3 is 0 Å². The highest BCUT2D eigenvalue weighted by atomic mass is 16.5. The van der Waals surface area contributed by atoms with Crippen molar-refractivity contribution < 1.29 is 4.52 Å². The van der Waals surface area contributed by atoms with Crippen molar-refractivity contribution in [2.45, 2.75) is 39.0 Å². The van der Waals surface area contributed by atoms with Crippen LogP contribution in [0.1, 0.15) is 38.5 Å². The first kappa shape index (κ1) is 17.7. The van der Waals surface area contributed by atoms with Crippen LogP contribution in [0.5, 0.6) is 0 Å². The largest absolute Gasteiger partial charge is 0.350 e. The molecule has 3 aromatic rings. The van der Waals surface area contributed by atoms with Crippen molar-refractivity contribution in [2.24, 2.45) is 7.05 Å². The fourth-order valence-corrected chi connectivity index (χ4v) is 3.18. The molecule has 0 radical (unpaired) electrons. The van der Waals surface area contributed by atoms with Gasteiger partial charge in [0, 0.05) is 36.1 Å². The zero-order valence-electron chi connectivity index (χ0n) is 15.5. The minimum Gasteiger partial charge on any atom is -0.350 e. The average Bonchev–Trinajstić information content (AvgIpc) is 3.22. The molecule has 5 heteroatoms. The summed E-state index contributed by atoms with van der Waals surface area (Å²) in [6.45, 7) is 4.55. The Morgan fingerprint density at radius 3 is 2.76 bits per heavy atom. The molecule has 0 aliphatic carbocycles. The molecule has 0 N–H and O–H groups in total. The van der Waals surface area contributed by atoms with Crippen LogP contribution in [0, 0.1) is 0 Å². The van der Waals surface area contributed by atoms with Crippen LogP contribution in [-0.4, -0.2) is 39.7 Å². The SMILES string of the molecule is CCCCN(C)CCCCc1nc(-c2cn(C)c3ccccc23)no1. The van der Waals surface area contributed by atoms with Crippen LogP contribution in [0.3, 0.4) is 0 Å². The van der Waals surface area contributed by atoms with Crippen molar-refractivity contribution in [3.05, 3.63) is 36.4 Å². The van der Waals surface area contributed by atoms with Gasteiger partial charge in [-0.2, -0.15) is 4.98 Å². The fourth-order valence-electron chi connectivity index (χ4n) is 3.18. The van der Waals surface area contributed by atoms with E-state index in [1.165, 1.54) is 24.9 Å². The minimum absolute atomic E-state index is 0.687. The minimum atomic E-state index is 0.687. The van der Waals surface area contributed by atoms with E-state index in [1.807, 2.05) is 19.2 Å². The van der Waals surface area contributed by atoms with Crippen LogP contribution < -0.4 is 0 Å². The van der Waals surface area contributed by atoms with Crippen LogP contribution >= 0.6 is 0 Å². The molecule has 0 fully saturated rings. The highest BCUT2D eigenvalue weighted by molar-refractivity contribution is 5.94. The summed E-state index contributed by atoms with van der Waals surface area (Å²) in [5.41, 5.74) is 2.21. The second-order valence-corrected chi connectivity index (χ2v) is 6.80. The summed E-state index contributed by atoms with van der Waals surface area (Å²) in [5, 5.41) is 5.36. The molecule has 0 unspecified atom stereocenters. The van der Waals surface area contributed by atoms with Crippen molar-refractivity contribution in [1.82, 2.24) is 19.6 Å². The van der Waals surface area contributed by atoms with Gasteiger partial charge in [0.1, 0.15) is 0 Å². The zero-order chi connectivity index (χ0) is 17.6. The van der Waals surface area contributed by atoms with E-state index in [-0.39, 0.29) is 0 Å². The molecule has 3 rings (SSSR count).